The van der Waals surface area contributed by atoms with Crippen molar-refractivity contribution < 1.29 is 14.6 Å². The zero-order chi connectivity index (χ0) is 22.1. The van der Waals surface area contributed by atoms with Crippen molar-refractivity contribution in [2.75, 3.05) is 12.4 Å². The quantitative estimate of drug-likeness (QED) is 0.475. The predicted molar refractivity (Wildman–Crippen MR) is 117 cm³/mol. The van der Waals surface area contributed by atoms with E-state index in [0.717, 1.165) is 0 Å². The van der Waals surface area contributed by atoms with Crippen molar-refractivity contribution in [3.05, 3.63) is 59.6 Å². The van der Waals surface area contributed by atoms with Gasteiger partial charge in [0.2, 0.25) is 0 Å². The van der Waals surface area contributed by atoms with E-state index in [0.29, 0.717) is 38.9 Å². The van der Waals surface area contributed by atoms with Gasteiger partial charge in [-0.05, 0) is 38.1 Å². The Bertz CT molecular complexity index is 1250. The fourth-order valence-electron chi connectivity index (χ4n) is 3.15. The van der Waals surface area contributed by atoms with Gasteiger partial charge < -0.3 is 15.2 Å². The Kier molecular flexibility index (Phi) is 5.62. The third-order valence-corrected chi connectivity index (χ3v) is 5.27. The summed E-state index contributed by atoms with van der Waals surface area (Å²) in [6.07, 6.45) is 5.79. The van der Waals surface area contributed by atoms with Gasteiger partial charge in [0.1, 0.15) is 17.0 Å². The van der Waals surface area contributed by atoms with Gasteiger partial charge in [0.25, 0.3) is 5.91 Å². The van der Waals surface area contributed by atoms with Crippen molar-refractivity contribution in [3.8, 4) is 17.0 Å². The molecule has 0 radical (unpaired) electrons. The maximum atomic E-state index is 13.1. The van der Waals surface area contributed by atoms with Crippen LogP contribution < -0.4 is 10.1 Å². The molecule has 4 aromatic rings. The molecule has 3 aromatic heterocycles. The number of aromatic nitrogens is 5. The maximum Gasteiger partial charge on any atom is 0.261 e. The molecule has 0 spiro atoms. The van der Waals surface area contributed by atoms with Gasteiger partial charge in [-0.2, -0.15) is 10.2 Å². The summed E-state index contributed by atoms with van der Waals surface area (Å²) in [6, 6.07) is 6.56. The monoisotopic (exact) mass is 440 g/mol. The summed E-state index contributed by atoms with van der Waals surface area (Å²) in [7, 11) is 1.55. The summed E-state index contributed by atoms with van der Waals surface area (Å²) in [6.45, 7) is 3.51. The maximum absolute atomic E-state index is 13.1. The standard InChI is InChI=1S/C21H21ClN6O3/c1-12(13(2)29)28-11-17(19(26-28)15-9-14(22)5-6-18(15)31-3)25-21(30)16-10-24-27-8-4-7-23-20(16)27/h4-13,29H,1-3H3,(H,25,30)/t12-,13-/m1/s1. The normalized spacial score (nSPS) is 13.2. The molecular formula is C21H21ClN6O3. The first-order chi connectivity index (χ1) is 14.9. The van der Waals surface area contributed by atoms with Gasteiger partial charge in [-0.3, -0.25) is 9.48 Å². The number of hydrogen-bond acceptors (Lipinski definition) is 6. The highest BCUT2D eigenvalue weighted by atomic mass is 35.5. The Morgan fingerprint density at radius 1 is 1.32 bits per heavy atom. The number of rotatable bonds is 6. The lowest BCUT2D eigenvalue weighted by molar-refractivity contribution is 0.102. The van der Waals surface area contributed by atoms with Gasteiger partial charge in [-0.1, -0.05) is 11.6 Å². The molecule has 0 aliphatic carbocycles. The largest absolute Gasteiger partial charge is 0.496 e. The molecule has 2 N–H and O–H groups in total. The fraction of sp³-hybridized carbons (Fsp3) is 0.238. The minimum Gasteiger partial charge on any atom is -0.496 e. The average molecular weight is 441 g/mol. The van der Waals surface area contributed by atoms with Gasteiger partial charge in [-0.25, -0.2) is 9.50 Å². The molecule has 2 atom stereocenters. The highest BCUT2D eigenvalue weighted by molar-refractivity contribution is 6.31. The van der Waals surface area contributed by atoms with Crippen LogP contribution in [0, 0.1) is 0 Å². The summed E-state index contributed by atoms with van der Waals surface area (Å²) in [5.41, 5.74) is 2.27. The number of carbonyl (C=O) groups is 1. The molecule has 0 saturated heterocycles. The SMILES string of the molecule is COc1ccc(Cl)cc1-c1nn([C@H](C)[C@@H](C)O)cc1NC(=O)c1cnn2cccnc12. The van der Waals surface area contributed by atoms with Gasteiger partial charge in [-0.15, -0.1) is 0 Å². The lowest BCUT2D eigenvalue weighted by atomic mass is 10.1. The molecule has 0 bridgehead atoms. The van der Waals surface area contributed by atoms with Crippen LogP contribution in [0.1, 0.15) is 30.2 Å². The van der Waals surface area contributed by atoms with Crippen LogP contribution in [0.4, 0.5) is 5.69 Å². The Hall–Kier alpha value is -3.43. The van der Waals surface area contributed by atoms with Crippen molar-refractivity contribution in [2.45, 2.75) is 26.0 Å². The number of ether oxygens (including phenoxy) is 1. The molecule has 4 rings (SSSR count). The summed E-state index contributed by atoms with van der Waals surface area (Å²) >= 11 is 6.21. The van der Waals surface area contributed by atoms with E-state index in [1.54, 1.807) is 61.6 Å². The van der Waals surface area contributed by atoms with E-state index < -0.39 is 6.10 Å². The Balaban J connectivity index is 1.79. The van der Waals surface area contributed by atoms with Crippen LogP contribution in [0.5, 0.6) is 5.75 Å². The first-order valence-electron chi connectivity index (χ1n) is 9.60. The molecule has 10 heteroatoms. The molecule has 0 saturated carbocycles. The van der Waals surface area contributed by atoms with Crippen LogP contribution >= 0.6 is 11.6 Å². The van der Waals surface area contributed by atoms with Gasteiger partial charge >= 0.3 is 0 Å². The van der Waals surface area contributed by atoms with Crippen molar-refractivity contribution in [3.63, 3.8) is 0 Å². The summed E-state index contributed by atoms with van der Waals surface area (Å²) in [4.78, 5) is 17.3. The van der Waals surface area contributed by atoms with Crippen LogP contribution in [-0.2, 0) is 0 Å². The van der Waals surface area contributed by atoms with Crippen LogP contribution in [0.25, 0.3) is 16.9 Å². The first kappa shape index (κ1) is 20.8. The molecule has 160 valence electrons. The van der Waals surface area contributed by atoms with Crippen molar-refractivity contribution in [1.82, 2.24) is 24.4 Å². The molecule has 0 aliphatic rings. The predicted octanol–water partition coefficient (Wildman–Crippen LogP) is 3.45. The smallest absolute Gasteiger partial charge is 0.261 e. The van der Waals surface area contributed by atoms with E-state index in [1.165, 1.54) is 10.7 Å². The third-order valence-electron chi connectivity index (χ3n) is 5.04. The number of carbonyl (C=O) groups excluding carboxylic acids is 1. The van der Waals surface area contributed by atoms with Gasteiger partial charge in [0, 0.05) is 29.2 Å². The van der Waals surface area contributed by atoms with E-state index in [1.807, 2.05) is 6.92 Å². The number of halogens is 1. The number of anilines is 1. The van der Waals surface area contributed by atoms with Crippen molar-refractivity contribution in [2.24, 2.45) is 0 Å². The number of aliphatic hydroxyl groups is 1. The number of hydrogen-bond donors (Lipinski definition) is 2. The molecular weight excluding hydrogens is 420 g/mol. The van der Waals surface area contributed by atoms with Crippen LogP contribution in [-0.4, -0.2) is 48.6 Å². The topological polar surface area (TPSA) is 107 Å². The van der Waals surface area contributed by atoms with Gasteiger partial charge in [0.05, 0.1) is 31.1 Å². The lowest BCUT2D eigenvalue weighted by Gasteiger charge is -2.14. The Morgan fingerprint density at radius 2 is 2.13 bits per heavy atom. The van der Waals surface area contributed by atoms with E-state index in [2.05, 4.69) is 20.5 Å². The molecule has 9 nitrogen and oxygen atoms in total. The highest BCUT2D eigenvalue weighted by Gasteiger charge is 2.23. The van der Waals surface area contributed by atoms with Crippen molar-refractivity contribution in [1.29, 1.82) is 0 Å². The highest BCUT2D eigenvalue weighted by Crippen LogP contribution is 2.37. The Morgan fingerprint density at radius 3 is 2.87 bits per heavy atom. The number of aliphatic hydroxyl groups excluding tert-OH is 1. The number of methoxy groups -OCH3 is 1. The zero-order valence-electron chi connectivity index (χ0n) is 17.2. The second-order valence-electron chi connectivity index (χ2n) is 7.10. The zero-order valence-corrected chi connectivity index (χ0v) is 17.9. The third kappa shape index (κ3) is 3.97. The molecule has 1 amide bonds. The Labute approximate surface area is 183 Å². The number of nitrogens with one attached hydrogen (secondary N) is 1. The fourth-order valence-corrected chi connectivity index (χ4v) is 3.33. The molecule has 0 fully saturated rings. The minimum absolute atomic E-state index is 0.320. The number of benzene rings is 1. The molecule has 0 unspecified atom stereocenters. The second-order valence-corrected chi connectivity index (χ2v) is 7.53. The summed E-state index contributed by atoms with van der Waals surface area (Å²) in [5, 5.41) is 22.2. The first-order valence-corrected chi connectivity index (χ1v) is 9.97. The van der Waals surface area contributed by atoms with E-state index in [9.17, 15) is 9.90 Å². The van der Waals surface area contributed by atoms with Crippen molar-refractivity contribution >= 4 is 28.8 Å². The number of amides is 1. The lowest BCUT2D eigenvalue weighted by Crippen LogP contribution is -2.18. The van der Waals surface area contributed by atoms with Gasteiger partial charge in [0.15, 0.2) is 5.65 Å². The van der Waals surface area contributed by atoms with Crippen LogP contribution in [0.2, 0.25) is 5.02 Å². The molecule has 0 aliphatic heterocycles. The van der Waals surface area contributed by atoms with E-state index in [4.69, 9.17) is 16.3 Å². The average Bonchev–Trinajstić information content (AvgIpc) is 3.37. The van der Waals surface area contributed by atoms with Crippen LogP contribution in [0.15, 0.2) is 49.1 Å². The van der Waals surface area contributed by atoms with E-state index >= 15 is 0 Å². The number of nitrogens with zero attached hydrogens (tertiary/aromatic N) is 5. The minimum atomic E-state index is -0.652. The van der Waals surface area contributed by atoms with Crippen LogP contribution in [0.3, 0.4) is 0 Å². The van der Waals surface area contributed by atoms with E-state index in [-0.39, 0.29) is 11.9 Å². The molecule has 31 heavy (non-hydrogen) atoms. The summed E-state index contributed by atoms with van der Waals surface area (Å²) < 4.78 is 8.59. The molecule has 1 aromatic carbocycles. The number of fused-ring (bicyclic) bond motifs is 1. The molecule has 3 heterocycles. The second kappa shape index (κ2) is 8.37. The summed E-state index contributed by atoms with van der Waals surface area (Å²) in [5.74, 6) is 0.160.